The lowest BCUT2D eigenvalue weighted by molar-refractivity contribution is -0.125. The van der Waals surface area contributed by atoms with Crippen LogP contribution in [0.15, 0.2) is 47.4 Å². The van der Waals surface area contributed by atoms with Crippen LogP contribution in [0.4, 0.5) is 8.78 Å². The SMILES string of the molecule is NC(=O)COC1CCC(c2cc(F)ccc2F)(S(=O)(=O)c2ccc(Cl)cc2)CC1. The molecule has 5 nitrogen and oxygen atoms in total. The van der Waals surface area contributed by atoms with E-state index in [0.717, 1.165) is 18.2 Å². The van der Waals surface area contributed by atoms with Gasteiger partial charge in [-0.15, -0.1) is 0 Å². The zero-order valence-electron chi connectivity index (χ0n) is 15.4. The van der Waals surface area contributed by atoms with E-state index < -0.39 is 38.2 Å². The number of rotatable bonds is 6. The van der Waals surface area contributed by atoms with Crippen LogP contribution in [0, 0.1) is 11.6 Å². The summed E-state index contributed by atoms with van der Waals surface area (Å²) >= 11 is 5.87. The van der Waals surface area contributed by atoms with Crippen LogP contribution in [0.25, 0.3) is 0 Å². The van der Waals surface area contributed by atoms with Gasteiger partial charge in [-0.05, 0) is 68.1 Å². The predicted molar refractivity (Wildman–Crippen MR) is 104 cm³/mol. The number of primary amides is 1. The molecule has 1 aliphatic carbocycles. The second-order valence-electron chi connectivity index (χ2n) is 7.05. The first kappa shape index (κ1) is 21.7. The minimum Gasteiger partial charge on any atom is -0.368 e. The van der Waals surface area contributed by atoms with Crippen molar-refractivity contribution in [3.8, 4) is 0 Å². The molecule has 0 unspecified atom stereocenters. The normalized spacial score (nSPS) is 22.4. The van der Waals surface area contributed by atoms with Gasteiger partial charge in [0.25, 0.3) is 0 Å². The van der Waals surface area contributed by atoms with Crippen molar-refractivity contribution in [1.82, 2.24) is 0 Å². The molecule has 0 bridgehead atoms. The van der Waals surface area contributed by atoms with Crippen molar-refractivity contribution in [2.24, 2.45) is 5.73 Å². The van der Waals surface area contributed by atoms with Crippen LogP contribution in [0.2, 0.25) is 5.02 Å². The summed E-state index contributed by atoms with van der Waals surface area (Å²) < 4.78 is 59.6. The Hall–Kier alpha value is -2.03. The molecule has 2 aromatic rings. The first-order valence-corrected chi connectivity index (χ1v) is 10.9. The number of halogens is 3. The van der Waals surface area contributed by atoms with Gasteiger partial charge in [-0.3, -0.25) is 4.79 Å². The first-order valence-electron chi connectivity index (χ1n) is 9.01. The van der Waals surface area contributed by atoms with Gasteiger partial charge < -0.3 is 10.5 Å². The van der Waals surface area contributed by atoms with Gasteiger partial charge in [0.05, 0.1) is 11.0 Å². The number of carbonyl (C=O) groups excluding carboxylic acids is 1. The number of nitrogens with two attached hydrogens (primary N) is 1. The van der Waals surface area contributed by atoms with Crippen molar-refractivity contribution in [3.63, 3.8) is 0 Å². The van der Waals surface area contributed by atoms with E-state index in [1.807, 2.05) is 0 Å². The van der Waals surface area contributed by atoms with E-state index in [2.05, 4.69) is 0 Å². The van der Waals surface area contributed by atoms with Crippen molar-refractivity contribution in [3.05, 3.63) is 64.7 Å². The molecule has 29 heavy (non-hydrogen) atoms. The molecule has 3 rings (SSSR count). The summed E-state index contributed by atoms with van der Waals surface area (Å²) in [5.74, 6) is -2.15. The predicted octanol–water partition coefficient (Wildman–Crippen LogP) is 3.73. The number of ether oxygens (including phenoxy) is 1. The first-order chi connectivity index (χ1) is 13.7. The molecule has 2 N–H and O–H groups in total. The van der Waals surface area contributed by atoms with Crippen LogP contribution in [0.5, 0.6) is 0 Å². The fraction of sp³-hybridized carbons (Fsp3) is 0.350. The van der Waals surface area contributed by atoms with Gasteiger partial charge in [-0.2, -0.15) is 0 Å². The van der Waals surface area contributed by atoms with E-state index in [9.17, 15) is 22.0 Å². The van der Waals surface area contributed by atoms with Gasteiger partial charge in [-0.25, -0.2) is 17.2 Å². The third-order valence-electron chi connectivity index (χ3n) is 5.26. The summed E-state index contributed by atoms with van der Waals surface area (Å²) in [7, 11) is -4.10. The molecule has 9 heteroatoms. The molecular formula is C20H20ClF2NO4S. The quantitative estimate of drug-likeness (QED) is 0.737. The minimum atomic E-state index is -4.10. The standard InChI is InChI=1S/C20H20ClF2NO4S/c21-13-1-4-16(5-2-13)29(26,27)20(17-11-14(22)3-6-18(17)23)9-7-15(8-10-20)28-12-19(24)25/h1-6,11,15H,7-10,12H2,(H2,24,25). The number of amides is 1. The molecule has 2 aromatic carbocycles. The van der Waals surface area contributed by atoms with Crippen molar-refractivity contribution in [2.75, 3.05) is 6.61 Å². The van der Waals surface area contributed by atoms with Crippen LogP contribution in [-0.2, 0) is 24.1 Å². The lowest BCUT2D eigenvalue weighted by Crippen LogP contribution is -2.42. The minimum absolute atomic E-state index is 0.00175. The summed E-state index contributed by atoms with van der Waals surface area (Å²) in [6, 6.07) is 8.39. The number of carbonyl (C=O) groups is 1. The molecule has 0 saturated heterocycles. The average molecular weight is 444 g/mol. The lowest BCUT2D eigenvalue weighted by atomic mass is 9.81. The zero-order valence-corrected chi connectivity index (χ0v) is 17.0. The highest BCUT2D eigenvalue weighted by molar-refractivity contribution is 7.92. The Morgan fingerprint density at radius 3 is 2.34 bits per heavy atom. The van der Waals surface area contributed by atoms with Crippen LogP contribution in [0.3, 0.4) is 0 Å². The number of sulfone groups is 1. The largest absolute Gasteiger partial charge is 0.368 e. The second kappa shape index (κ2) is 8.38. The Labute approximate surface area is 172 Å². The highest BCUT2D eigenvalue weighted by atomic mass is 35.5. The summed E-state index contributed by atoms with van der Waals surface area (Å²) in [5, 5.41) is 0.360. The van der Waals surface area contributed by atoms with Crippen LogP contribution in [0.1, 0.15) is 31.2 Å². The maximum atomic E-state index is 14.7. The molecule has 1 saturated carbocycles. The fourth-order valence-corrected chi connectivity index (χ4v) is 6.08. The van der Waals surface area contributed by atoms with E-state index >= 15 is 0 Å². The molecule has 0 aromatic heterocycles. The summed E-state index contributed by atoms with van der Waals surface area (Å²) in [6.45, 7) is -0.282. The van der Waals surface area contributed by atoms with E-state index in [-0.39, 0.29) is 42.7 Å². The maximum absolute atomic E-state index is 14.7. The number of benzene rings is 2. The molecule has 1 fully saturated rings. The number of hydrogen-bond acceptors (Lipinski definition) is 4. The highest BCUT2D eigenvalue weighted by Crippen LogP contribution is 2.48. The Morgan fingerprint density at radius 1 is 1.14 bits per heavy atom. The molecule has 0 atom stereocenters. The molecule has 1 amide bonds. The zero-order chi connectivity index (χ0) is 21.2. The van der Waals surface area contributed by atoms with E-state index in [4.69, 9.17) is 22.1 Å². The molecule has 0 radical (unpaired) electrons. The summed E-state index contributed by atoms with van der Waals surface area (Å²) in [6.07, 6.45) is 0.1000. The van der Waals surface area contributed by atoms with Crippen molar-refractivity contribution in [2.45, 2.75) is 41.4 Å². The van der Waals surface area contributed by atoms with E-state index in [0.29, 0.717) is 5.02 Å². The molecule has 0 heterocycles. The van der Waals surface area contributed by atoms with Gasteiger partial charge in [0.15, 0.2) is 9.84 Å². The number of hydrogen-bond donors (Lipinski definition) is 1. The second-order valence-corrected chi connectivity index (χ2v) is 9.75. The smallest absolute Gasteiger partial charge is 0.243 e. The van der Waals surface area contributed by atoms with Crippen LogP contribution in [-0.4, -0.2) is 27.0 Å². The lowest BCUT2D eigenvalue weighted by Gasteiger charge is -2.40. The van der Waals surface area contributed by atoms with Crippen LogP contribution >= 0.6 is 11.6 Å². The summed E-state index contributed by atoms with van der Waals surface area (Å²) in [4.78, 5) is 10.9. The average Bonchev–Trinajstić information content (AvgIpc) is 2.69. The Morgan fingerprint density at radius 2 is 1.76 bits per heavy atom. The Bertz CT molecular complexity index is 1000. The van der Waals surface area contributed by atoms with Gasteiger partial charge >= 0.3 is 0 Å². The van der Waals surface area contributed by atoms with Crippen LogP contribution < -0.4 is 5.73 Å². The highest BCUT2D eigenvalue weighted by Gasteiger charge is 2.50. The Kier molecular flexibility index (Phi) is 6.26. The van der Waals surface area contributed by atoms with Gasteiger partial charge in [0, 0.05) is 10.6 Å². The fourth-order valence-electron chi connectivity index (χ4n) is 3.79. The van der Waals surface area contributed by atoms with Gasteiger partial charge in [0.2, 0.25) is 5.91 Å². The van der Waals surface area contributed by atoms with Crippen molar-refractivity contribution in [1.29, 1.82) is 0 Å². The molecule has 0 aliphatic heterocycles. The van der Waals surface area contributed by atoms with E-state index in [1.165, 1.54) is 24.3 Å². The third kappa shape index (κ3) is 4.29. The third-order valence-corrected chi connectivity index (χ3v) is 8.06. The topological polar surface area (TPSA) is 86.5 Å². The summed E-state index contributed by atoms with van der Waals surface area (Å²) in [5.41, 5.74) is 4.88. The van der Waals surface area contributed by atoms with E-state index in [1.54, 1.807) is 0 Å². The molecular weight excluding hydrogens is 424 g/mol. The maximum Gasteiger partial charge on any atom is 0.243 e. The monoisotopic (exact) mass is 443 g/mol. The molecule has 1 aliphatic rings. The van der Waals surface area contributed by atoms with Gasteiger partial charge in [0.1, 0.15) is 23.0 Å². The molecule has 156 valence electrons. The Balaban J connectivity index is 2.05. The van der Waals surface area contributed by atoms with Gasteiger partial charge in [-0.1, -0.05) is 11.6 Å². The van der Waals surface area contributed by atoms with Crippen molar-refractivity contribution < 1.29 is 26.7 Å². The van der Waals surface area contributed by atoms with Crippen molar-refractivity contribution >= 4 is 27.3 Å². The molecule has 0 spiro atoms.